The molecule has 6 atom stereocenters. The second-order valence-corrected chi connectivity index (χ2v) is 15.5. The van der Waals surface area contributed by atoms with Crippen LogP contribution in [0.2, 0.25) is 0 Å². The largest absolute Gasteiger partial charge is 0.504 e. The lowest BCUT2D eigenvalue weighted by atomic mass is 9.48. The number of carbonyl (C=O) groups excluding carboxylic acids is 2. The average Bonchev–Trinajstić information content (AvgIpc) is 3.65. The van der Waals surface area contributed by atoms with Crippen molar-refractivity contribution in [3.05, 3.63) is 23.3 Å². The van der Waals surface area contributed by atoms with Crippen LogP contribution >= 0.6 is 0 Å². The van der Waals surface area contributed by atoms with Gasteiger partial charge in [-0.2, -0.15) is 0 Å². The number of esters is 2. The second-order valence-electron chi connectivity index (χ2n) is 15.5. The van der Waals surface area contributed by atoms with Gasteiger partial charge in [-0.3, -0.25) is 19.8 Å². The van der Waals surface area contributed by atoms with Gasteiger partial charge in [-0.1, -0.05) is 6.07 Å². The fourth-order valence-electron chi connectivity index (χ4n) is 8.60. The summed E-state index contributed by atoms with van der Waals surface area (Å²) in [6.45, 7) is 13.1. The second kappa shape index (κ2) is 10.6. The van der Waals surface area contributed by atoms with E-state index in [0.717, 1.165) is 50.3 Å². The molecule has 5 aliphatic rings. The maximum atomic E-state index is 13.6. The van der Waals surface area contributed by atoms with E-state index in [1.165, 1.54) is 18.4 Å². The fraction of sp³-hybridized carbons (Fsp3) is 0.765. The van der Waals surface area contributed by atoms with Crippen LogP contribution in [-0.4, -0.2) is 83.2 Å². The minimum absolute atomic E-state index is 0.0862. The van der Waals surface area contributed by atoms with Crippen molar-refractivity contribution in [1.29, 1.82) is 0 Å². The predicted octanol–water partition coefficient (Wildman–Crippen LogP) is 4.40. The van der Waals surface area contributed by atoms with Crippen molar-refractivity contribution >= 4 is 11.9 Å². The number of benzene rings is 1. The molecule has 3 fully saturated rings. The molecule has 1 aromatic carbocycles. The number of likely N-dealkylation sites (tertiary alicyclic amines) is 1. The number of phenolic OH excluding ortho intramolecular Hbond substituents is 1. The number of phenols is 1. The highest BCUT2D eigenvalue weighted by molar-refractivity contribution is 5.78. The summed E-state index contributed by atoms with van der Waals surface area (Å²) in [5.74, 6) is 0.749. The number of hydrogen-bond acceptors (Lipinski definition) is 9. The molecule has 1 spiro atoms. The Balaban J connectivity index is 1.33. The molecule has 1 saturated heterocycles. The summed E-state index contributed by atoms with van der Waals surface area (Å²) in [6.07, 6.45) is 5.84. The molecule has 2 bridgehead atoms. The molecule has 43 heavy (non-hydrogen) atoms. The third-order valence-electron chi connectivity index (χ3n) is 10.3. The van der Waals surface area contributed by atoms with E-state index < -0.39 is 34.2 Å². The van der Waals surface area contributed by atoms with E-state index in [0.29, 0.717) is 5.75 Å². The number of nitrogens with one attached hydrogen (secondary N) is 1. The lowest BCUT2D eigenvalue weighted by Gasteiger charge is -2.65. The van der Waals surface area contributed by atoms with E-state index in [4.69, 9.17) is 18.9 Å². The number of rotatable bonds is 9. The summed E-state index contributed by atoms with van der Waals surface area (Å²) in [5.41, 5.74) is 0.109. The number of nitrogens with zero attached hydrogens (tertiary/aromatic N) is 1. The number of ether oxygens (including phenoxy) is 4. The van der Waals surface area contributed by atoms with Gasteiger partial charge in [0.25, 0.3) is 0 Å². The normalized spacial score (nSPS) is 32.0. The van der Waals surface area contributed by atoms with Crippen LogP contribution in [-0.2, 0) is 35.6 Å². The summed E-state index contributed by atoms with van der Waals surface area (Å²) in [4.78, 5) is 28.9. The summed E-state index contributed by atoms with van der Waals surface area (Å²) < 4.78 is 24.9. The van der Waals surface area contributed by atoms with Crippen molar-refractivity contribution in [2.24, 2.45) is 5.92 Å². The zero-order chi connectivity index (χ0) is 30.9. The van der Waals surface area contributed by atoms with Crippen LogP contribution in [0.1, 0.15) is 97.6 Å². The Hall–Kier alpha value is -2.36. The molecule has 1 aromatic rings. The molecule has 9 heteroatoms. The SMILES string of the molecule is CO[C@@]12CCC(N[C@@H](CCC(=O)OC(C)(C)C)C(=O)OC(C)(C)C)[C@@H]3Oc4c(O)ccc5c4[C@@]31CCN(CC1CC1)C2C5. The number of carbonyl (C=O) groups is 2. The van der Waals surface area contributed by atoms with Gasteiger partial charge in [-0.25, -0.2) is 0 Å². The van der Waals surface area contributed by atoms with Gasteiger partial charge in [0.15, 0.2) is 11.5 Å². The maximum Gasteiger partial charge on any atom is 0.323 e. The molecule has 2 unspecified atom stereocenters. The van der Waals surface area contributed by atoms with E-state index in [2.05, 4.69) is 16.3 Å². The van der Waals surface area contributed by atoms with Crippen molar-refractivity contribution in [2.45, 2.75) is 139 Å². The molecule has 0 aromatic heterocycles. The third-order valence-corrected chi connectivity index (χ3v) is 10.3. The molecule has 0 radical (unpaired) electrons. The Morgan fingerprint density at radius 1 is 1.09 bits per heavy atom. The molecule has 2 heterocycles. The van der Waals surface area contributed by atoms with Gasteiger partial charge in [0.05, 0.1) is 11.0 Å². The molecular formula is C34H50N2O7. The van der Waals surface area contributed by atoms with E-state index in [-0.39, 0.29) is 42.7 Å². The molecule has 3 aliphatic carbocycles. The first-order chi connectivity index (χ1) is 20.2. The monoisotopic (exact) mass is 598 g/mol. The van der Waals surface area contributed by atoms with Gasteiger partial charge in [0.1, 0.15) is 23.3 Å². The van der Waals surface area contributed by atoms with Crippen LogP contribution < -0.4 is 10.1 Å². The van der Waals surface area contributed by atoms with E-state index in [9.17, 15) is 14.7 Å². The summed E-state index contributed by atoms with van der Waals surface area (Å²) in [7, 11) is 1.84. The Morgan fingerprint density at radius 2 is 1.81 bits per heavy atom. The highest BCUT2D eigenvalue weighted by Gasteiger charge is 2.74. The number of hydrogen-bond donors (Lipinski definition) is 2. The summed E-state index contributed by atoms with van der Waals surface area (Å²) in [6, 6.07) is 3.10. The topological polar surface area (TPSA) is 107 Å². The molecule has 2 saturated carbocycles. The van der Waals surface area contributed by atoms with Crippen molar-refractivity contribution in [1.82, 2.24) is 10.2 Å². The zero-order valence-electron chi connectivity index (χ0n) is 27.0. The minimum Gasteiger partial charge on any atom is -0.504 e. The van der Waals surface area contributed by atoms with Crippen LogP contribution in [0.4, 0.5) is 0 Å². The first kappa shape index (κ1) is 30.7. The maximum absolute atomic E-state index is 13.6. The zero-order valence-corrected chi connectivity index (χ0v) is 27.0. The summed E-state index contributed by atoms with van der Waals surface area (Å²) >= 11 is 0. The highest BCUT2D eigenvalue weighted by Crippen LogP contribution is 2.66. The lowest BCUT2D eigenvalue weighted by Crippen LogP contribution is -2.79. The highest BCUT2D eigenvalue weighted by atomic mass is 16.6. The number of piperidine rings is 1. The number of methoxy groups -OCH3 is 1. The third kappa shape index (κ3) is 5.33. The quantitative estimate of drug-likeness (QED) is 0.400. The van der Waals surface area contributed by atoms with E-state index in [1.54, 1.807) is 6.07 Å². The molecule has 238 valence electrons. The minimum atomic E-state index is -0.724. The van der Waals surface area contributed by atoms with Crippen molar-refractivity contribution in [3.63, 3.8) is 0 Å². The standard InChI is InChI=1S/C34H50N2O7/c1-31(2,3)42-26(38)13-11-23(30(39)43-32(4,5)6)35-22-14-15-34(40-7)25-18-21-10-12-24(37)28-27(21)33(34,29(22)41-28)16-17-36(25)19-20-8-9-20/h10,12,20,22-23,25,29,35,37H,8-9,11,13-19H2,1-7H3/t22?,23-,25?,29-,33-,34+/m0/s1. The van der Waals surface area contributed by atoms with Crippen LogP contribution in [0.3, 0.4) is 0 Å². The van der Waals surface area contributed by atoms with Gasteiger partial charge in [0.2, 0.25) is 0 Å². The Bertz CT molecular complexity index is 1260. The van der Waals surface area contributed by atoms with E-state index in [1.807, 2.05) is 48.7 Å². The molecule has 2 N–H and O–H groups in total. The van der Waals surface area contributed by atoms with Gasteiger partial charge in [-0.05, 0) is 111 Å². The molecule has 6 rings (SSSR count). The van der Waals surface area contributed by atoms with Crippen LogP contribution in [0.15, 0.2) is 12.1 Å². The Morgan fingerprint density at radius 3 is 2.47 bits per heavy atom. The molecular weight excluding hydrogens is 548 g/mol. The van der Waals surface area contributed by atoms with Crippen LogP contribution in [0.5, 0.6) is 11.5 Å². The fourth-order valence-corrected chi connectivity index (χ4v) is 8.60. The Kier molecular flexibility index (Phi) is 7.57. The summed E-state index contributed by atoms with van der Waals surface area (Å²) in [5, 5.41) is 14.7. The van der Waals surface area contributed by atoms with Gasteiger partial charge in [0, 0.05) is 37.7 Å². The van der Waals surface area contributed by atoms with Gasteiger partial charge in [-0.15, -0.1) is 0 Å². The van der Waals surface area contributed by atoms with Crippen LogP contribution in [0, 0.1) is 5.92 Å². The molecule has 9 nitrogen and oxygen atoms in total. The lowest BCUT2D eigenvalue weighted by molar-refractivity contribution is -0.208. The van der Waals surface area contributed by atoms with Gasteiger partial charge < -0.3 is 24.1 Å². The number of aromatic hydroxyl groups is 1. The van der Waals surface area contributed by atoms with E-state index >= 15 is 0 Å². The van der Waals surface area contributed by atoms with Gasteiger partial charge >= 0.3 is 11.9 Å². The molecule has 2 aliphatic heterocycles. The predicted molar refractivity (Wildman–Crippen MR) is 161 cm³/mol. The van der Waals surface area contributed by atoms with Crippen molar-refractivity contribution in [3.8, 4) is 11.5 Å². The smallest absolute Gasteiger partial charge is 0.323 e. The average molecular weight is 599 g/mol. The first-order valence-electron chi connectivity index (χ1n) is 16.2. The Labute approximate surface area is 256 Å². The van der Waals surface area contributed by atoms with Crippen LogP contribution in [0.25, 0.3) is 0 Å². The van der Waals surface area contributed by atoms with Crippen molar-refractivity contribution < 1.29 is 33.6 Å². The van der Waals surface area contributed by atoms with Crippen molar-refractivity contribution in [2.75, 3.05) is 20.2 Å². The first-order valence-corrected chi connectivity index (χ1v) is 16.2. The molecule has 0 amide bonds.